The van der Waals surface area contributed by atoms with E-state index in [1.165, 1.54) is 0 Å². The molecule has 0 spiro atoms. The third-order valence-electron chi connectivity index (χ3n) is 1.19. The van der Waals surface area contributed by atoms with Crippen LogP contribution in [0.2, 0.25) is 0 Å². The molecule has 0 aromatic heterocycles. The quantitative estimate of drug-likeness (QED) is 0.756. The Hall–Kier alpha value is -0.220. The van der Waals surface area contributed by atoms with E-state index in [2.05, 4.69) is 0 Å². The Balaban J connectivity index is 2.66. The lowest BCUT2D eigenvalue weighted by atomic mass is 10.2. The van der Waals surface area contributed by atoms with Gasteiger partial charge in [0.1, 0.15) is 0 Å². The van der Waals surface area contributed by atoms with E-state index < -0.39 is 9.80 Å². The molecule has 0 radical (unpaired) electrons. The summed E-state index contributed by atoms with van der Waals surface area (Å²) < 4.78 is 17.8. The molecule has 2 N–H and O–H groups in total. The predicted octanol–water partition coefficient (Wildman–Crippen LogP) is 3.09. The van der Waals surface area contributed by atoms with Gasteiger partial charge in [-0.2, -0.15) is 0 Å². The van der Waals surface area contributed by atoms with Crippen LogP contribution >= 0.6 is 20.5 Å². The minimum atomic E-state index is -2.90. The summed E-state index contributed by atoms with van der Waals surface area (Å²) in [6.45, 7) is 0. The average molecular weight is 193 g/mol. The third-order valence-corrected chi connectivity index (χ3v) is 2.22. The molecule has 62 valence electrons. The Morgan fingerprint density at radius 2 is 1.73 bits per heavy atom. The summed E-state index contributed by atoms with van der Waals surface area (Å²) in [5.41, 5.74) is 0.836. The van der Waals surface area contributed by atoms with Crippen molar-refractivity contribution in [3.63, 3.8) is 0 Å². The van der Waals surface area contributed by atoms with E-state index in [1.54, 1.807) is 12.1 Å². The number of hydrogen-bond donors (Lipinski definition) is 2. The van der Waals surface area contributed by atoms with Gasteiger partial charge in [0.25, 0.3) is 0 Å². The maximum Gasteiger partial charge on any atom is 0.0785 e. The Morgan fingerprint density at radius 1 is 1.18 bits per heavy atom. The Bertz CT molecular complexity index is 220. The molecule has 0 heterocycles. The van der Waals surface area contributed by atoms with Gasteiger partial charge in [0.05, 0.1) is 5.75 Å². The van der Waals surface area contributed by atoms with Crippen molar-refractivity contribution < 1.29 is 9.11 Å². The zero-order chi connectivity index (χ0) is 8.32. The minimum absolute atomic E-state index is 0.120. The monoisotopic (exact) mass is 192 g/mol. The van der Waals surface area contributed by atoms with Crippen molar-refractivity contribution in [3.05, 3.63) is 35.9 Å². The molecule has 0 saturated carbocycles. The maximum absolute atomic E-state index is 8.88. The molecule has 0 fully saturated rings. The van der Waals surface area contributed by atoms with Gasteiger partial charge >= 0.3 is 0 Å². The van der Waals surface area contributed by atoms with Crippen LogP contribution in [0.3, 0.4) is 0 Å². The normalized spacial score (nSPS) is 13.0. The third kappa shape index (κ3) is 3.62. The molecule has 0 bridgehead atoms. The van der Waals surface area contributed by atoms with Gasteiger partial charge in [-0.25, -0.2) is 0 Å². The number of hydrogen-bond acceptors (Lipinski definition) is 2. The lowest BCUT2D eigenvalue weighted by molar-refractivity contribution is 0.506. The van der Waals surface area contributed by atoms with Crippen molar-refractivity contribution in [1.82, 2.24) is 0 Å². The fraction of sp³-hybridized carbons (Fsp3) is 0.143. The van der Waals surface area contributed by atoms with Crippen molar-refractivity contribution in [2.45, 2.75) is 5.75 Å². The van der Waals surface area contributed by atoms with E-state index in [0.717, 1.165) is 5.56 Å². The van der Waals surface area contributed by atoms with E-state index in [9.17, 15) is 0 Å². The molecule has 0 aliphatic heterocycles. The summed E-state index contributed by atoms with van der Waals surface area (Å²) >= 11 is 0. The van der Waals surface area contributed by atoms with Crippen LogP contribution in [0.4, 0.5) is 0 Å². The van der Waals surface area contributed by atoms with Crippen LogP contribution in [0.25, 0.3) is 0 Å². The number of halogens is 1. The second-order valence-electron chi connectivity index (χ2n) is 2.22. The van der Waals surface area contributed by atoms with Crippen molar-refractivity contribution in [1.29, 1.82) is 0 Å². The first kappa shape index (κ1) is 8.87. The molecule has 1 aromatic carbocycles. The lowest BCUT2D eigenvalue weighted by Gasteiger charge is -2.22. The summed E-state index contributed by atoms with van der Waals surface area (Å²) in [6.07, 6.45) is 0. The molecule has 0 aliphatic rings. The van der Waals surface area contributed by atoms with Crippen LogP contribution in [0, 0.1) is 0 Å². The van der Waals surface area contributed by atoms with E-state index in [1.807, 2.05) is 18.2 Å². The van der Waals surface area contributed by atoms with Gasteiger partial charge in [0.15, 0.2) is 0 Å². The minimum Gasteiger partial charge on any atom is -0.285 e. The topological polar surface area (TPSA) is 40.5 Å². The first-order valence-electron chi connectivity index (χ1n) is 3.07. The van der Waals surface area contributed by atoms with Gasteiger partial charge in [0.2, 0.25) is 0 Å². The molecule has 0 atom stereocenters. The summed E-state index contributed by atoms with van der Waals surface area (Å²) in [5.74, 6) is 0.120. The first-order chi connectivity index (χ1) is 5.08. The van der Waals surface area contributed by atoms with Gasteiger partial charge < -0.3 is 0 Å². The van der Waals surface area contributed by atoms with E-state index in [0.29, 0.717) is 0 Å². The fourth-order valence-electron chi connectivity index (χ4n) is 0.786. The molecule has 2 nitrogen and oxygen atoms in total. The maximum atomic E-state index is 8.88. The predicted molar refractivity (Wildman–Crippen MR) is 48.8 cm³/mol. The van der Waals surface area contributed by atoms with E-state index in [4.69, 9.17) is 19.8 Å². The van der Waals surface area contributed by atoms with E-state index >= 15 is 0 Å². The summed E-state index contributed by atoms with van der Waals surface area (Å²) in [7, 11) is 2.36. The summed E-state index contributed by atoms with van der Waals surface area (Å²) in [6, 6.07) is 9.13. The molecular weight excluding hydrogens is 184 g/mol. The van der Waals surface area contributed by atoms with Crippen molar-refractivity contribution in [2.24, 2.45) is 0 Å². The highest BCUT2D eigenvalue weighted by Crippen LogP contribution is 2.47. The number of benzene rings is 1. The summed E-state index contributed by atoms with van der Waals surface area (Å²) in [4.78, 5) is 0. The smallest absolute Gasteiger partial charge is 0.0785 e. The molecule has 11 heavy (non-hydrogen) atoms. The van der Waals surface area contributed by atoms with E-state index in [-0.39, 0.29) is 5.75 Å². The van der Waals surface area contributed by atoms with Crippen LogP contribution in [0.1, 0.15) is 5.56 Å². The standard InChI is InChI=1S/C7H9ClO2S/c8-11(9,10)6-7-4-2-1-3-5-7/h1-5,9-10H,6H2. The molecular formula is C7H9ClO2S. The number of rotatable bonds is 2. The van der Waals surface area contributed by atoms with Crippen LogP contribution in [-0.2, 0) is 5.75 Å². The highest BCUT2D eigenvalue weighted by atomic mass is 35.7. The molecule has 0 amide bonds. The molecule has 1 aromatic rings. The van der Waals surface area contributed by atoms with Gasteiger partial charge in [0, 0.05) is 10.7 Å². The molecule has 4 heteroatoms. The van der Waals surface area contributed by atoms with Gasteiger partial charge in [-0.15, -0.1) is 9.80 Å². The zero-order valence-electron chi connectivity index (χ0n) is 5.77. The highest BCUT2D eigenvalue weighted by molar-refractivity contribution is 8.42. The van der Waals surface area contributed by atoms with Crippen molar-refractivity contribution in [3.8, 4) is 0 Å². The van der Waals surface area contributed by atoms with Crippen molar-refractivity contribution >= 4 is 20.5 Å². The molecule has 0 unspecified atom stereocenters. The van der Waals surface area contributed by atoms with Gasteiger partial charge in [-0.3, -0.25) is 9.11 Å². The van der Waals surface area contributed by atoms with Gasteiger partial charge in [-0.05, 0) is 5.56 Å². The Kier molecular flexibility index (Phi) is 2.78. The molecule has 1 rings (SSSR count). The Labute approximate surface area is 71.7 Å². The van der Waals surface area contributed by atoms with Crippen LogP contribution < -0.4 is 0 Å². The second-order valence-corrected chi connectivity index (χ2v) is 5.16. The molecule has 0 saturated heterocycles. The van der Waals surface area contributed by atoms with Crippen molar-refractivity contribution in [2.75, 3.05) is 0 Å². The SMILES string of the molecule is OS(O)(Cl)Cc1ccccc1. The zero-order valence-corrected chi connectivity index (χ0v) is 7.35. The van der Waals surface area contributed by atoms with Crippen LogP contribution in [0.5, 0.6) is 0 Å². The average Bonchev–Trinajstić information content (AvgIpc) is 1.85. The fourth-order valence-corrected chi connectivity index (χ4v) is 1.78. The lowest BCUT2D eigenvalue weighted by Crippen LogP contribution is -1.92. The second kappa shape index (κ2) is 3.45. The molecule has 0 aliphatic carbocycles. The Morgan fingerprint density at radius 3 is 2.18 bits per heavy atom. The summed E-state index contributed by atoms with van der Waals surface area (Å²) in [5, 5.41) is 0. The van der Waals surface area contributed by atoms with Crippen LogP contribution in [-0.4, -0.2) is 9.11 Å². The van der Waals surface area contributed by atoms with Crippen LogP contribution in [0.15, 0.2) is 30.3 Å². The largest absolute Gasteiger partial charge is 0.285 e. The highest BCUT2D eigenvalue weighted by Gasteiger charge is 2.07. The first-order valence-corrected chi connectivity index (χ1v) is 5.61. The van der Waals surface area contributed by atoms with Gasteiger partial charge in [-0.1, -0.05) is 30.3 Å².